The molecule has 3 aliphatic carbocycles. The Hall–Kier alpha value is -2.01. The van der Waals surface area contributed by atoms with Crippen molar-refractivity contribution in [3.05, 3.63) is 50.4 Å². The van der Waals surface area contributed by atoms with Gasteiger partial charge in [0.25, 0.3) is 0 Å². The van der Waals surface area contributed by atoms with Crippen molar-refractivity contribution < 1.29 is 18.3 Å². The van der Waals surface area contributed by atoms with Crippen LogP contribution < -0.4 is 0 Å². The zero-order chi connectivity index (χ0) is 21.1. The Kier molecular flexibility index (Phi) is 4.66. The van der Waals surface area contributed by atoms with Gasteiger partial charge >= 0.3 is 0 Å². The molecular weight excluding hydrogens is 418 g/mol. The number of hydrogen-bond donors (Lipinski definition) is 1. The van der Waals surface area contributed by atoms with Crippen LogP contribution in [0.25, 0.3) is 0 Å². The fourth-order valence-corrected chi connectivity index (χ4v) is 7.69. The number of nitriles is 1. The summed E-state index contributed by atoms with van der Waals surface area (Å²) in [6, 6.07) is 3.91. The van der Waals surface area contributed by atoms with Crippen molar-refractivity contribution in [1.82, 2.24) is 0 Å². The minimum Gasteiger partial charge on any atom is -0.385 e. The van der Waals surface area contributed by atoms with E-state index in [4.69, 9.17) is 0 Å². The van der Waals surface area contributed by atoms with Crippen molar-refractivity contribution in [1.29, 1.82) is 5.26 Å². The van der Waals surface area contributed by atoms with Gasteiger partial charge in [0, 0.05) is 6.42 Å². The second kappa shape index (κ2) is 7.01. The van der Waals surface area contributed by atoms with Gasteiger partial charge in [-0.05, 0) is 96.2 Å². The lowest BCUT2D eigenvalue weighted by molar-refractivity contribution is -0.116. The van der Waals surface area contributed by atoms with Gasteiger partial charge in [-0.25, -0.2) is 8.42 Å². The average molecular weight is 442 g/mol. The lowest BCUT2D eigenvalue weighted by Gasteiger charge is -2.16. The highest BCUT2D eigenvalue weighted by atomic mass is 32.2. The van der Waals surface area contributed by atoms with Crippen LogP contribution in [0.2, 0.25) is 0 Å². The number of nitrogens with zero attached hydrogens (tertiary/aromatic N) is 1. The Morgan fingerprint density at radius 1 is 1.10 bits per heavy atom. The monoisotopic (exact) mass is 441 g/mol. The molecule has 0 amide bonds. The molecule has 0 unspecified atom stereocenters. The SMILES string of the molecule is N#Cc1c2c(c(CC(=O)CS(=O)(=O)c3cc(C4(O)CC4)cs3)c3c1CCC3)CCC2. The number of fused-ring (bicyclic) bond motifs is 2. The molecule has 5 nitrogen and oxygen atoms in total. The Labute approximate surface area is 180 Å². The van der Waals surface area contributed by atoms with E-state index in [1.807, 2.05) is 0 Å². The van der Waals surface area contributed by atoms with Crippen molar-refractivity contribution in [2.24, 2.45) is 0 Å². The second-order valence-corrected chi connectivity index (χ2v) is 11.9. The van der Waals surface area contributed by atoms with Gasteiger partial charge < -0.3 is 5.11 Å². The molecule has 0 aliphatic heterocycles. The molecule has 0 saturated heterocycles. The van der Waals surface area contributed by atoms with Crippen LogP contribution in [0.1, 0.15) is 64.6 Å². The van der Waals surface area contributed by atoms with E-state index in [0.29, 0.717) is 18.4 Å². The van der Waals surface area contributed by atoms with Gasteiger partial charge in [-0.3, -0.25) is 4.79 Å². The molecule has 1 fully saturated rings. The molecule has 0 bridgehead atoms. The lowest BCUT2D eigenvalue weighted by Crippen LogP contribution is -2.19. The first-order valence-electron chi connectivity index (χ1n) is 10.5. The van der Waals surface area contributed by atoms with Crippen molar-refractivity contribution in [2.75, 3.05) is 5.75 Å². The van der Waals surface area contributed by atoms with Crippen molar-refractivity contribution in [3.63, 3.8) is 0 Å². The average Bonchev–Trinajstić information content (AvgIpc) is 3.19. The summed E-state index contributed by atoms with van der Waals surface area (Å²) in [5.41, 5.74) is 5.98. The largest absolute Gasteiger partial charge is 0.385 e. The summed E-state index contributed by atoms with van der Waals surface area (Å²) in [4.78, 5) is 12.9. The van der Waals surface area contributed by atoms with E-state index in [1.165, 1.54) is 6.07 Å². The molecule has 0 atom stereocenters. The van der Waals surface area contributed by atoms with E-state index < -0.39 is 21.2 Å². The van der Waals surface area contributed by atoms with Crippen LogP contribution in [0, 0.1) is 11.3 Å². The zero-order valence-corrected chi connectivity index (χ0v) is 18.3. The number of Topliss-reactive ketones (excluding diaryl/α,β-unsaturated/α-hetero) is 1. The fraction of sp³-hybridized carbons (Fsp3) is 0.478. The van der Waals surface area contributed by atoms with Gasteiger partial charge in [0.1, 0.15) is 9.96 Å². The minimum absolute atomic E-state index is 0.123. The third-order valence-corrected chi connectivity index (χ3v) is 9.95. The molecule has 5 rings (SSSR count). The Morgan fingerprint density at radius 3 is 2.27 bits per heavy atom. The van der Waals surface area contributed by atoms with Gasteiger partial charge in [-0.2, -0.15) is 5.26 Å². The molecule has 30 heavy (non-hydrogen) atoms. The number of ketones is 1. The maximum atomic E-state index is 12.9. The summed E-state index contributed by atoms with van der Waals surface area (Å²) in [6.07, 6.45) is 6.84. The van der Waals surface area contributed by atoms with E-state index in [0.717, 1.165) is 83.2 Å². The first-order chi connectivity index (χ1) is 14.3. The molecule has 7 heteroatoms. The molecule has 1 aromatic heterocycles. The van der Waals surface area contributed by atoms with E-state index in [-0.39, 0.29) is 16.4 Å². The maximum absolute atomic E-state index is 12.9. The van der Waals surface area contributed by atoms with E-state index in [9.17, 15) is 23.6 Å². The zero-order valence-electron chi connectivity index (χ0n) is 16.7. The number of sulfone groups is 1. The van der Waals surface area contributed by atoms with Gasteiger partial charge in [0.05, 0.1) is 17.2 Å². The van der Waals surface area contributed by atoms with Crippen LogP contribution in [0.15, 0.2) is 15.7 Å². The number of hydrogen-bond acceptors (Lipinski definition) is 6. The lowest BCUT2D eigenvalue weighted by atomic mass is 9.87. The standard InChI is InChI=1S/C23H23NO4S2/c24-11-21-18-5-1-3-16(18)20(17-4-2-6-19(17)21)10-15(25)13-30(27,28)22-9-14(12-29-22)23(26)7-8-23/h9,12,26H,1-8,10,13H2. The number of benzene rings is 1. The maximum Gasteiger partial charge on any atom is 0.194 e. The second-order valence-electron chi connectivity index (χ2n) is 8.75. The Morgan fingerprint density at radius 2 is 1.70 bits per heavy atom. The summed E-state index contributed by atoms with van der Waals surface area (Å²) in [7, 11) is -3.73. The Bertz CT molecular complexity index is 1180. The molecule has 3 aliphatic rings. The summed E-state index contributed by atoms with van der Waals surface area (Å²) >= 11 is 1.08. The molecule has 1 heterocycles. The summed E-state index contributed by atoms with van der Waals surface area (Å²) in [6.45, 7) is 0. The highest BCUT2D eigenvalue weighted by Gasteiger charge is 2.43. The molecule has 1 N–H and O–H groups in total. The summed E-state index contributed by atoms with van der Waals surface area (Å²) < 4.78 is 25.8. The molecule has 0 radical (unpaired) electrons. The molecule has 2 aromatic rings. The molecule has 1 aromatic carbocycles. The molecular formula is C23H23NO4S2. The third kappa shape index (κ3) is 3.22. The summed E-state index contributed by atoms with van der Waals surface area (Å²) in [5, 5.41) is 21.6. The van der Waals surface area contributed by atoms with E-state index >= 15 is 0 Å². The topological polar surface area (TPSA) is 95.2 Å². The predicted octanol–water partition coefficient (Wildman–Crippen LogP) is 3.16. The molecule has 0 spiro atoms. The van der Waals surface area contributed by atoms with Crippen LogP contribution in [0.5, 0.6) is 0 Å². The number of carbonyl (C=O) groups is 1. The Balaban J connectivity index is 1.41. The third-order valence-electron chi connectivity index (χ3n) is 6.75. The fourth-order valence-electron chi connectivity index (χ4n) is 5.08. The van der Waals surface area contributed by atoms with Crippen LogP contribution >= 0.6 is 11.3 Å². The quantitative estimate of drug-likeness (QED) is 0.743. The van der Waals surface area contributed by atoms with E-state index in [2.05, 4.69) is 6.07 Å². The number of thiophene rings is 1. The van der Waals surface area contributed by atoms with Gasteiger partial charge in [0.15, 0.2) is 15.6 Å². The number of rotatable bonds is 6. The number of carbonyl (C=O) groups excluding carboxylic acids is 1. The number of aliphatic hydroxyl groups is 1. The summed E-state index contributed by atoms with van der Waals surface area (Å²) in [5.74, 6) is -0.822. The van der Waals surface area contributed by atoms with Crippen LogP contribution in [0.4, 0.5) is 0 Å². The smallest absolute Gasteiger partial charge is 0.194 e. The normalized spacial score (nSPS) is 18.7. The minimum atomic E-state index is -3.73. The van der Waals surface area contributed by atoms with Crippen molar-refractivity contribution in [2.45, 2.75) is 67.6 Å². The highest BCUT2D eigenvalue weighted by molar-refractivity contribution is 7.94. The van der Waals surface area contributed by atoms with Crippen molar-refractivity contribution in [3.8, 4) is 6.07 Å². The molecule has 1 saturated carbocycles. The van der Waals surface area contributed by atoms with Gasteiger partial charge in [-0.1, -0.05) is 0 Å². The van der Waals surface area contributed by atoms with Crippen LogP contribution in [0.3, 0.4) is 0 Å². The molecule has 156 valence electrons. The van der Waals surface area contributed by atoms with Crippen LogP contribution in [-0.4, -0.2) is 25.1 Å². The first-order valence-corrected chi connectivity index (χ1v) is 13.0. The highest BCUT2D eigenvalue weighted by Crippen LogP contribution is 2.47. The van der Waals surface area contributed by atoms with Gasteiger partial charge in [-0.15, -0.1) is 11.3 Å². The van der Waals surface area contributed by atoms with Gasteiger partial charge in [0.2, 0.25) is 0 Å². The van der Waals surface area contributed by atoms with E-state index in [1.54, 1.807) is 5.38 Å². The first kappa shape index (κ1) is 19.9. The van der Waals surface area contributed by atoms with Crippen LogP contribution in [-0.2, 0) is 52.3 Å². The predicted molar refractivity (Wildman–Crippen MR) is 113 cm³/mol. The van der Waals surface area contributed by atoms with Crippen molar-refractivity contribution >= 4 is 27.0 Å².